The second-order valence-corrected chi connectivity index (χ2v) is 4.89. The lowest BCUT2D eigenvalue weighted by Crippen LogP contribution is -2.25. The van der Waals surface area contributed by atoms with Crippen LogP contribution in [0.5, 0.6) is 0 Å². The second-order valence-electron chi connectivity index (χ2n) is 4.51. The molecule has 8 nitrogen and oxygen atoms in total. The number of nitrogen functional groups attached to an aromatic ring is 1. The summed E-state index contributed by atoms with van der Waals surface area (Å²) in [6.07, 6.45) is -0.809. The molecule has 0 bridgehead atoms. The standard InChI is InChI=1S/C11H13N5O3S/c1-4-7(18)5(2-17)19-10(4)16-3-13-6-8(16)14-11(12)15-9(6)20/h3,5,7,10,17-18H,1-2H2,(H3,12,14,15,20)/t5-,7+,10-/m1/s1. The van der Waals surface area contributed by atoms with Crippen LogP contribution in [0.25, 0.3) is 11.2 Å². The van der Waals surface area contributed by atoms with Crippen molar-refractivity contribution in [1.82, 2.24) is 19.5 Å². The van der Waals surface area contributed by atoms with Gasteiger partial charge in [-0.15, -0.1) is 0 Å². The van der Waals surface area contributed by atoms with Crippen LogP contribution < -0.4 is 5.73 Å². The highest BCUT2D eigenvalue weighted by atomic mass is 32.1. The lowest BCUT2D eigenvalue weighted by atomic mass is 10.1. The van der Waals surface area contributed by atoms with E-state index in [2.05, 4.69) is 21.5 Å². The predicted octanol–water partition coefficient (Wildman–Crippen LogP) is -0.122. The first-order valence-corrected chi connectivity index (χ1v) is 6.29. The van der Waals surface area contributed by atoms with Crippen LogP contribution in [0.4, 0.5) is 5.95 Å². The topological polar surface area (TPSA) is 122 Å². The van der Waals surface area contributed by atoms with Crippen LogP contribution in [-0.2, 0) is 4.74 Å². The van der Waals surface area contributed by atoms with Crippen molar-refractivity contribution in [2.75, 3.05) is 12.3 Å². The molecular formula is C11H13N5O3S. The molecule has 0 unspecified atom stereocenters. The predicted molar refractivity (Wildman–Crippen MR) is 73.3 cm³/mol. The van der Waals surface area contributed by atoms with Gasteiger partial charge in [-0.05, 0) is 0 Å². The zero-order valence-electron chi connectivity index (χ0n) is 10.4. The van der Waals surface area contributed by atoms with Crippen molar-refractivity contribution in [1.29, 1.82) is 0 Å². The highest BCUT2D eigenvalue weighted by Crippen LogP contribution is 2.34. The Morgan fingerprint density at radius 3 is 3.00 bits per heavy atom. The summed E-state index contributed by atoms with van der Waals surface area (Å²) in [4.78, 5) is 10.9. The number of aromatic amines is 1. The smallest absolute Gasteiger partial charge is 0.200 e. The number of nitrogens with zero attached hydrogens (tertiary/aromatic N) is 3. The third-order valence-corrected chi connectivity index (χ3v) is 3.53. The Bertz CT molecular complexity index is 739. The minimum Gasteiger partial charge on any atom is -0.394 e. The van der Waals surface area contributed by atoms with Crippen LogP contribution >= 0.6 is 12.2 Å². The normalized spacial score (nSPS) is 26.5. The van der Waals surface area contributed by atoms with Crippen LogP contribution in [0.15, 0.2) is 18.5 Å². The van der Waals surface area contributed by atoms with E-state index in [0.29, 0.717) is 16.7 Å². The Labute approximate surface area is 118 Å². The Kier molecular flexibility index (Phi) is 3.05. The van der Waals surface area contributed by atoms with E-state index in [9.17, 15) is 5.11 Å². The van der Waals surface area contributed by atoms with Gasteiger partial charge < -0.3 is 25.7 Å². The number of ether oxygens (including phenoxy) is 1. The molecule has 2 aromatic rings. The molecule has 1 aliphatic rings. The molecule has 3 atom stereocenters. The molecule has 0 spiro atoms. The number of H-pyrrole nitrogens is 1. The number of fused-ring (bicyclic) bond motifs is 1. The van der Waals surface area contributed by atoms with E-state index in [1.165, 1.54) is 6.33 Å². The average molecular weight is 295 g/mol. The van der Waals surface area contributed by atoms with Crippen LogP contribution in [0.3, 0.4) is 0 Å². The highest BCUT2D eigenvalue weighted by Gasteiger charge is 2.38. The first kappa shape index (κ1) is 13.2. The number of nitrogens with two attached hydrogens (primary N) is 1. The minimum absolute atomic E-state index is 0.159. The molecule has 3 heterocycles. The van der Waals surface area contributed by atoms with Crippen molar-refractivity contribution in [3.63, 3.8) is 0 Å². The molecule has 0 aliphatic carbocycles. The third kappa shape index (κ3) is 1.83. The Morgan fingerprint density at radius 1 is 1.60 bits per heavy atom. The summed E-state index contributed by atoms with van der Waals surface area (Å²) < 4.78 is 7.47. The van der Waals surface area contributed by atoms with Gasteiger partial charge in [0.2, 0.25) is 0 Å². The fraction of sp³-hybridized carbons (Fsp3) is 0.364. The van der Waals surface area contributed by atoms with Crippen LogP contribution in [0.2, 0.25) is 0 Å². The molecule has 106 valence electrons. The van der Waals surface area contributed by atoms with Gasteiger partial charge in [-0.2, -0.15) is 0 Å². The van der Waals surface area contributed by atoms with E-state index in [4.69, 9.17) is 27.8 Å². The van der Waals surface area contributed by atoms with E-state index in [0.717, 1.165) is 0 Å². The van der Waals surface area contributed by atoms with Crippen molar-refractivity contribution in [2.45, 2.75) is 18.4 Å². The number of hydrogen-bond acceptors (Lipinski definition) is 7. The second kappa shape index (κ2) is 4.63. The van der Waals surface area contributed by atoms with E-state index < -0.39 is 18.4 Å². The molecule has 5 N–H and O–H groups in total. The monoisotopic (exact) mass is 295 g/mol. The molecule has 0 amide bonds. The van der Waals surface area contributed by atoms with Crippen molar-refractivity contribution >= 4 is 29.3 Å². The summed E-state index contributed by atoms with van der Waals surface area (Å²) in [5, 5.41) is 19.1. The Morgan fingerprint density at radius 2 is 2.35 bits per heavy atom. The van der Waals surface area contributed by atoms with Crippen LogP contribution in [0.1, 0.15) is 6.23 Å². The maximum Gasteiger partial charge on any atom is 0.200 e. The van der Waals surface area contributed by atoms with Crippen LogP contribution in [-0.4, -0.2) is 48.5 Å². The molecule has 2 aromatic heterocycles. The van der Waals surface area contributed by atoms with Crippen molar-refractivity contribution in [2.24, 2.45) is 0 Å². The number of aliphatic hydroxyl groups excluding tert-OH is 2. The number of imidazole rings is 1. The summed E-state index contributed by atoms with van der Waals surface area (Å²) in [6.45, 7) is 3.50. The van der Waals surface area contributed by atoms with Gasteiger partial charge in [0, 0.05) is 5.57 Å². The van der Waals surface area contributed by atoms with E-state index in [1.807, 2.05) is 0 Å². The van der Waals surface area contributed by atoms with Gasteiger partial charge in [-0.3, -0.25) is 4.57 Å². The summed E-state index contributed by atoms with van der Waals surface area (Å²) >= 11 is 5.09. The first-order valence-electron chi connectivity index (χ1n) is 5.88. The number of anilines is 1. The molecule has 0 saturated carbocycles. The lowest BCUT2D eigenvalue weighted by Gasteiger charge is -2.14. The summed E-state index contributed by atoms with van der Waals surface area (Å²) in [5.41, 5.74) is 7.08. The van der Waals surface area contributed by atoms with E-state index in [-0.39, 0.29) is 17.2 Å². The van der Waals surface area contributed by atoms with E-state index in [1.54, 1.807) is 4.57 Å². The van der Waals surface area contributed by atoms with Crippen LogP contribution in [0, 0.1) is 4.64 Å². The Balaban J connectivity index is 2.12. The van der Waals surface area contributed by atoms with Gasteiger partial charge in [0.1, 0.15) is 23.4 Å². The number of nitrogens with one attached hydrogen (secondary N) is 1. The molecule has 0 radical (unpaired) electrons. The first-order chi connectivity index (χ1) is 9.52. The molecular weight excluding hydrogens is 282 g/mol. The molecule has 1 saturated heterocycles. The zero-order chi connectivity index (χ0) is 14.4. The summed E-state index contributed by atoms with van der Waals surface area (Å²) in [7, 11) is 0. The Hall–Kier alpha value is -1.81. The van der Waals surface area contributed by atoms with Gasteiger partial charge in [-0.25, -0.2) is 9.97 Å². The quantitative estimate of drug-likeness (QED) is 0.450. The molecule has 1 fully saturated rings. The largest absolute Gasteiger partial charge is 0.394 e. The van der Waals surface area contributed by atoms with E-state index >= 15 is 0 Å². The molecule has 20 heavy (non-hydrogen) atoms. The summed E-state index contributed by atoms with van der Waals surface area (Å²) in [6, 6.07) is 0. The summed E-state index contributed by atoms with van der Waals surface area (Å²) in [5.74, 6) is 0.159. The number of aromatic nitrogens is 4. The highest BCUT2D eigenvalue weighted by molar-refractivity contribution is 7.71. The molecule has 0 aromatic carbocycles. The van der Waals surface area contributed by atoms with Crippen molar-refractivity contribution < 1.29 is 14.9 Å². The molecule has 9 heteroatoms. The van der Waals surface area contributed by atoms with Gasteiger partial charge >= 0.3 is 0 Å². The van der Waals surface area contributed by atoms with Gasteiger partial charge in [0.25, 0.3) is 0 Å². The number of aliphatic hydroxyl groups is 2. The van der Waals surface area contributed by atoms with Crippen molar-refractivity contribution in [3.05, 3.63) is 23.1 Å². The molecule has 1 aliphatic heterocycles. The van der Waals surface area contributed by atoms with Gasteiger partial charge in [-0.1, -0.05) is 18.8 Å². The van der Waals surface area contributed by atoms with Gasteiger partial charge in [0.05, 0.1) is 12.9 Å². The average Bonchev–Trinajstić information content (AvgIpc) is 2.93. The fourth-order valence-corrected chi connectivity index (χ4v) is 2.48. The number of hydrogen-bond donors (Lipinski definition) is 4. The van der Waals surface area contributed by atoms with Crippen molar-refractivity contribution in [3.8, 4) is 0 Å². The maximum absolute atomic E-state index is 9.92. The third-order valence-electron chi connectivity index (χ3n) is 3.25. The molecule has 3 rings (SSSR count). The lowest BCUT2D eigenvalue weighted by molar-refractivity contribution is -0.0422. The number of rotatable bonds is 2. The zero-order valence-corrected chi connectivity index (χ0v) is 11.2. The maximum atomic E-state index is 9.92. The minimum atomic E-state index is -0.940. The fourth-order valence-electron chi connectivity index (χ4n) is 2.23. The van der Waals surface area contributed by atoms with Gasteiger partial charge in [0.15, 0.2) is 16.8 Å². The SMILES string of the molecule is C=C1[C@H](n2cnc3c(=S)nc(N)[nH]c32)O[C@H](CO)[C@H]1O.